The lowest BCUT2D eigenvalue weighted by molar-refractivity contribution is -0.140. The van der Waals surface area contributed by atoms with Crippen LogP contribution in [0.2, 0.25) is 0 Å². The number of nitrogens with one attached hydrogen (secondary N) is 1. The summed E-state index contributed by atoms with van der Waals surface area (Å²) in [5, 5.41) is 3.16. The number of rotatable bonds is 7. The number of hydrogen-bond donors (Lipinski definition) is 2. The maximum atomic E-state index is 13.2. The number of hydrogen-bond acceptors (Lipinski definition) is 4. The molecule has 1 aromatic carbocycles. The quantitative estimate of drug-likeness (QED) is 0.654. The van der Waals surface area contributed by atoms with Crippen LogP contribution >= 0.6 is 24.8 Å². The SMILES string of the molecule is CC(C)C(N)C(=O)N1CCCC1C(=O)N[C@@H](Cc1ccccn1)c1ccccc1.Cl.Cl. The van der Waals surface area contributed by atoms with E-state index in [0.717, 1.165) is 17.7 Å². The van der Waals surface area contributed by atoms with Crippen LogP contribution < -0.4 is 11.1 Å². The summed E-state index contributed by atoms with van der Waals surface area (Å²) in [7, 11) is 0. The third-order valence-electron chi connectivity index (χ3n) is 5.50. The molecule has 1 aromatic heterocycles. The Morgan fingerprint density at radius 2 is 1.81 bits per heavy atom. The smallest absolute Gasteiger partial charge is 0.243 e. The molecule has 0 saturated carbocycles. The molecule has 8 heteroatoms. The number of carbonyl (C=O) groups excluding carboxylic acids is 2. The van der Waals surface area contributed by atoms with E-state index in [9.17, 15) is 9.59 Å². The van der Waals surface area contributed by atoms with Gasteiger partial charge in [0.05, 0.1) is 12.1 Å². The van der Waals surface area contributed by atoms with Gasteiger partial charge in [-0.3, -0.25) is 14.6 Å². The van der Waals surface area contributed by atoms with Crippen LogP contribution in [0.1, 0.15) is 44.0 Å². The predicted molar refractivity (Wildman–Crippen MR) is 127 cm³/mol. The van der Waals surface area contributed by atoms with Crippen molar-refractivity contribution < 1.29 is 9.59 Å². The molecule has 31 heavy (non-hydrogen) atoms. The topological polar surface area (TPSA) is 88.3 Å². The zero-order valence-corrected chi connectivity index (χ0v) is 19.6. The zero-order chi connectivity index (χ0) is 20.8. The second-order valence-electron chi connectivity index (χ2n) is 7.96. The van der Waals surface area contributed by atoms with E-state index in [0.29, 0.717) is 19.4 Å². The fourth-order valence-corrected chi connectivity index (χ4v) is 3.71. The first-order valence-corrected chi connectivity index (χ1v) is 10.3. The van der Waals surface area contributed by atoms with E-state index in [1.54, 1.807) is 11.1 Å². The fraction of sp³-hybridized carbons (Fsp3) is 0.435. The van der Waals surface area contributed by atoms with Crippen molar-refractivity contribution in [3.8, 4) is 0 Å². The van der Waals surface area contributed by atoms with Crippen LogP contribution in [0.5, 0.6) is 0 Å². The summed E-state index contributed by atoms with van der Waals surface area (Å²) in [6.45, 7) is 4.42. The number of pyridine rings is 1. The van der Waals surface area contributed by atoms with Crippen LogP contribution in [-0.2, 0) is 16.0 Å². The summed E-state index contributed by atoms with van der Waals surface area (Å²) >= 11 is 0. The highest BCUT2D eigenvalue weighted by atomic mass is 35.5. The summed E-state index contributed by atoms with van der Waals surface area (Å²) in [6.07, 6.45) is 3.81. The van der Waals surface area contributed by atoms with Gasteiger partial charge in [0.15, 0.2) is 0 Å². The van der Waals surface area contributed by atoms with Gasteiger partial charge in [0, 0.05) is 24.9 Å². The van der Waals surface area contributed by atoms with Gasteiger partial charge in [-0.15, -0.1) is 24.8 Å². The molecule has 6 nitrogen and oxygen atoms in total. The Morgan fingerprint density at radius 1 is 1.13 bits per heavy atom. The van der Waals surface area contributed by atoms with E-state index >= 15 is 0 Å². The van der Waals surface area contributed by atoms with E-state index in [2.05, 4.69) is 10.3 Å². The Kier molecular flexibility index (Phi) is 11.0. The molecule has 2 unspecified atom stereocenters. The lowest BCUT2D eigenvalue weighted by Gasteiger charge is -2.29. The third kappa shape index (κ3) is 6.92. The van der Waals surface area contributed by atoms with Crippen molar-refractivity contribution in [2.45, 2.75) is 51.2 Å². The first-order chi connectivity index (χ1) is 14.0. The number of aromatic nitrogens is 1. The minimum Gasteiger partial charge on any atom is -0.347 e. The number of nitrogens with two attached hydrogens (primary N) is 1. The second kappa shape index (κ2) is 12.6. The van der Waals surface area contributed by atoms with Crippen LogP contribution in [0.3, 0.4) is 0 Å². The minimum atomic E-state index is -0.582. The van der Waals surface area contributed by atoms with Gasteiger partial charge in [0.1, 0.15) is 6.04 Å². The van der Waals surface area contributed by atoms with E-state index in [1.807, 2.05) is 62.4 Å². The zero-order valence-electron chi connectivity index (χ0n) is 17.9. The molecule has 0 bridgehead atoms. The fourth-order valence-electron chi connectivity index (χ4n) is 3.71. The number of benzene rings is 1. The van der Waals surface area contributed by atoms with Gasteiger partial charge in [-0.2, -0.15) is 0 Å². The first-order valence-electron chi connectivity index (χ1n) is 10.3. The average Bonchev–Trinajstić information content (AvgIpc) is 3.23. The second-order valence-corrected chi connectivity index (χ2v) is 7.96. The highest BCUT2D eigenvalue weighted by Crippen LogP contribution is 2.23. The third-order valence-corrected chi connectivity index (χ3v) is 5.50. The molecule has 3 atom stereocenters. The average molecular weight is 467 g/mol. The maximum absolute atomic E-state index is 13.2. The number of halogens is 2. The largest absolute Gasteiger partial charge is 0.347 e. The number of likely N-dealkylation sites (tertiary alicyclic amines) is 1. The molecule has 2 aromatic rings. The lowest BCUT2D eigenvalue weighted by Crippen LogP contribution is -2.53. The van der Waals surface area contributed by atoms with Gasteiger partial charge in [0.2, 0.25) is 11.8 Å². The number of amides is 2. The lowest BCUT2D eigenvalue weighted by atomic mass is 10.0. The molecule has 3 N–H and O–H groups in total. The van der Waals surface area contributed by atoms with E-state index in [4.69, 9.17) is 5.73 Å². The molecule has 2 amide bonds. The molecule has 0 spiro atoms. The van der Waals surface area contributed by atoms with Crippen molar-refractivity contribution in [1.29, 1.82) is 0 Å². The summed E-state index contributed by atoms with van der Waals surface area (Å²) in [4.78, 5) is 32.0. The van der Waals surface area contributed by atoms with Crippen molar-refractivity contribution in [3.63, 3.8) is 0 Å². The summed E-state index contributed by atoms with van der Waals surface area (Å²) in [5.74, 6) is -0.233. The predicted octanol–water partition coefficient (Wildman–Crippen LogP) is 3.30. The summed E-state index contributed by atoms with van der Waals surface area (Å²) < 4.78 is 0. The van der Waals surface area contributed by atoms with Crippen molar-refractivity contribution >= 4 is 36.6 Å². The van der Waals surface area contributed by atoms with Gasteiger partial charge in [-0.1, -0.05) is 50.2 Å². The molecular formula is C23H32Cl2N4O2. The van der Waals surface area contributed by atoms with Gasteiger partial charge < -0.3 is 16.0 Å². The molecule has 1 aliphatic rings. The standard InChI is InChI=1S/C23H30N4O2.2ClH/c1-16(2)21(24)23(29)27-14-8-12-20(27)22(28)26-19(17-9-4-3-5-10-17)15-18-11-6-7-13-25-18;;/h3-7,9-11,13,16,19-21H,8,12,14-15,24H2,1-2H3,(H,26,28);2*1H/t19-,20?,21?;;/m0../s1. The molecular weight excluding hydrogens is 435 g/mol. The summed E-state index contributed by atoms with van der Waals surface area (Å²) in [6, 6.07) is 14.4. The van der Waals surface area contributed by atoms with E-state index < -0.39 is 12.1 Å². The van der Waals surface area contributed by atoms with Crippen molar-refractivity contribution in [2.75, 3.05) is 6.54 Å². The number of carbonyl (C=O) groups is 2. The highest BCUT2D eigenvalue weighted by Gasteiger charge is 2.37. The van der Waals surface area contributed by atoms with Crippen molar-refractivity contribution in [2.24, 2.45) is 11.7 Å². The van der Waals surface area contributed by atoms with Gasteiger partial charge in [-0.05, 0) is 36.5 Å². The molecule has 0 aliphatic carbocycles. The Balaban J connectivity index is 0.00000240. The van der Waals surface area contributed by atoms with E-state index in [-0.39, 0.29) is 48.6 Å². The van der Waals surface area contributed by atoms with Gasteiger partial charge in [-0.25, -0.2) is 0 Å². The summed E-state index contributed by atoms with van der Waals surface area (Å²) in [5.41, 5.74) is 7.99. The Bertz CT molecular complexity index is 821. The normalized spacial score (nSPS) is 17.3. The van der Waals surface area contributed by atoms with Crippen LogP contribution in [0.25, 0.3) is 0 Å². The molecule has 3 rings (SSSR count). The molecule has 0 radical (unpaired) electrons. The Morgan fingerprint density at radius 3 is 2.42 bits per heavy atom. The Labute approximate surface area is 196 Å². The molecule has 1 aliphatic heterocycles. The highest BCUT2D eigenvalue weighted by molar-refractivity contribution is 5.90. The van der Waals surface area contributed by atoms with Crippen LogP contribution in [0.4, 0.5) is 0 Å². The molecule has 170 valence electrons. The van der Waals surface area contributed by atoms with Crippen molar-refractivity contribution in [1.82, 2.24) is 15.2 Å². The Hall–Kier alpha value is -2.15. The van der Waals surface area contributed by atoms with Crippen molar-refractivity contribution in [3.05, 3.63) is 66.0 Å². The van der Waals surface area contributed by atoms with Gasteiger partial charge >= 0.3 is 0 Å². The monoisotopic (exact) mass is 466 g/mol. The van der Waals surface area contributed by atoms with Gasteiger partial charge in [0.25, 0.3) is 0 Å². The van der Waals surface area contributed by atoms with Crippen LogP contribution in [0, 0.1) is 5.92 Å². The molecule has 1 saturated heterocycles. The van der Waals surface area contributed by atoms with E-state index in [1.165, 1.54) is 0 Å². The maximum Gasteiger partial charge on any atom is 0.243 e. The molecule has 1 fully saturated rings. The number of nitrogens with zero attached hydrogens (tertiary/aromatic N) is 2. The molecule has 2 heterocycles. The first kappa shape index (κ1) is 26.9. The van der Waals surface area contributed by atoms with Crippen LogP contribution in [0.15, 0.2) is 54.7 Å². The minimum absolute atomic E-state index is 0. The van der Waals surface area contributed by atoms with Crippen LogP contribution in [-0.4, -0.2) is 40.3 Å².